The second kappa shape index (κ2) is 8.69. The number of nitrogens with zero attached hydrogens (tertiary/aromatic N) is 1. The van der Waals surface area contributed by atoms with E-state index in [9.17, 15) is 14.9 Å². The standard InChI is InChI=1S/C20H22IN3O3/c1-13-11-14(21)7-9-18(13)23-19-10-8-16(24(26)27)12-17(19)20(25)22-15-5-3-2-4-6-15/h7-12,15,23H,2-6H2,1H3,(H,22,25). The number of hydrogen-bond acceptors (Lipinski definition) is 4. The number of nitro groups is 1. The van der Waals surface area contributed by atoms with Gasteiger partial charge in [-0.2, -0.15) is 0 Å². The molecule has 1 aliphatic carbocycles. The summed E-state index contributed by atoms with van der Waals surface area (Å²) in [6.45, 7) is 1.98. The fourth-order valence-electron chi connectivity index (χ4n) is 3.37. The van der Waals surface area contributed by atoms with Crippen molar-refractivity contribution in [3.8, 4) is 0 Å². The maximum Gasteiger partial charge on any atom is 0.270 e. The zero-order chi connectivity index (χ0) is 19.4. The third-order valence-corrected chi connectivity index (χ3v) is 5.53. The SMILES string of the molecule is Cc1cc(I)ccc1Nc1ccc([N+](=O)[O-])cc1C(=O)NC1CCCCC1. The number of halogens is 1. The number of aryl methyl sites for hydroxylation is 1. The highest BCUT2D eigenvalue weighted by Gasteiger charge is 2.21. The van der Waals surface area contributed by atoms with Crippen LogP contribution in [0.5, 0.6) is 0 Å². The van der Waals surface area contributed by atoms with Crippen LogP contribution in [0.25, 0.3) is 0 Å². The topological polar surface area (TPSA) is 84.3 Å². The van der Waals surface area contributed by atoms with Gasteiger partial charge in [0, 0.05) is 27.4 Å². The molecular formula is C20H22IN3O3. The van der Waals surface area contributed by atoms with Crippen LogP contribution >= 0.6 is 22.6 Å². The Morgan fingerprint density at radius 2 is 1.81 bits per heavy atom. The number of hydrogen-bond donors (Lipinski definition) is 2. The lowest BCUT2D eigenvalue weighted by atomic mass is 9.95. The molecule has 2 aromatic rings. The van der Waals surface area contributed by atoms with Crippen molar-refractivity contribution in [1.29, 1.82) is 0 Å². The number of benzene rings is 2. The minimum Gasteiger partial charge on any atom is -0.355 e. The van der Waals surface area contributed by atoms with Crippen LogP contribution in [0.1, 0.15) is 48.0 Å². The Morgan fingerprint density at radius 1 is 1.11 bits per heavy atom. The predicted octanol–water partition coefficient (Wildman–Crippen LogP) is 5.31. The molecule has 0 heterocycles. The van der Waals surface area contributed by atoms with Crippen LogP contribution in [0, 0.1) is 20.6 Å². The average molecular weight is 479 g/mol. The molecule has 0 spiro atoms. The minimum absolute atomic E-state index is 0.0892. The van der Waals surface area contributed by atoms with Gasteiger partial charge in [-0.1, -0.05) is 19.3 Å². The zero-order valence-corrected chi connectivity index (χ0v) is 17.3. The maximum absolute atomic E-state index is 12.9. The second-order valence-electron chi connectivity index (χ2n) is 6.88. The third kappa shape index (κ3) is 4.97. The molecule has 0 bridgehead atoms. The summed E-state index contributed by atoms with van der Waals surface area (Å²) < 4.78 is 1.12. The molecule has 6 nitrogen and oxygen atoms in total. The van der Waals surface area contributed by atoms with Crippen LogP contribution < -0.4 is 10.6 Å². The predicted molar refractivity (Wildman–Crippen MR) is 115 cm³/mol. The van der Waals surface area contributed by atoms with E-state index < -0.39 is 4.92 Å². The van der Waals surface area contributed by atoms with Crippen molar-refractivity contribution in [3.05, 3.63) is 61.2 Å². The van der Waals surface area contributed by atoms with E-state index in [1.807, 2.05) is 25.1 Å². The van der Waals surface area contributed by atoms with E-state index in [-0.39, 0.29) is 17.6 Å². The number of carbonyl (C=O) groups is 1. The highest BCUT2D eigenvalue weighted by Crippen LogP contribution is 2.28. The van der Waals surface area contributed by atoms with Crippen LogP contribution in [0.3, 0.4) is 0 Å². The van der Waals surface area contributed by atoms with Gasteiger partial charge in [0.15, 0.2) is 0 Å². The molecule has 142 valence electrons. The van der Waals surface area contributed by atoms with E-state index in [0.717, 1.165) is 40.5 Å². The molecule has 2 N–H and O–H groups in total. The molecule has 1 saturated carbocycles. The molecule has 2 aromatic carbocycles. The zero-order valence-electron chi connectivity index (χ0n) is 15.1. The van der Waals surface area contributed by atoms with Crippen LogP contribution in [-0.2, 0) is 0 Å². The quantitative estimate of drug-likeness (QED) is 0.346. The fraction of sp³-hybridized carbons (Fsp3) is 0.350. The first kappa shape index (κ1) is 19.6. The molecule has 0 aliphatic heterocycles. The van der Waals surface area contributed by atoms with Crippen molar-refractivity contribution < 1.29 is 9.72 Å². The minimum atomic E-state index is -0.475. The first-order chi connectivity index (χ1) is 12.9. The number of nitro benzene ring substituents is 1. The molecule has 1 aliphatic rings. The molecule has 1 amide bonds. The largest absolute Gasteiger partial charge is 0.355 e. The number of rotatable bonds is 5. The van der Waals surface area contributed by atoms with Crippen molar-refractivity contribution in [1.82, 2.24) is 5.32 Å². The highest BCUT2D eigenvalue weighted by atomic mass is 127. The normalized spacial score (nSPS) is 14.6. The lowest BCUT2D eigenvalue weighted by molar-refractivity contribution is -0.384. The second-order valence-corrected chi connectivity index (χ2v) is 8.13. The van der Waals surface area contributed by atoms with E-state index in [1.54, 1.807) is 6.07 Å². The molecule has 0 aromatic heterocycles. The summed E-state index contributed by atoms with van der Waals surface area (Å²) in [6, 6.07) is 10.5. The van der Waals surface area contributed by atoms with Gasteiger partial charge in [-0.25, -0.2) is 0 Å². The van der Waals surface area contributed by atoms with Gasteiger partial charge in [-0.15, -0.1) is 0 Å². The number of carbonyl (C=O) groups excluding carboxylic acids is 1. The Morgan fingerprint density at radius 3 is 2.48 bits per heavy atom. The molecule has 1 fully saturated rings. The van der Waals surface area contributed by atoms with Crippen molar-refractivity contribution >= 4 is 45.6 Å². The van der Waals surface area contributed by atoms with E-state index >= 15 is 0 Å². The van der Waals surface area contributed by atoms with Crippen molar-refractivity contribution in [2.75, 3.05) is 5.32 Å². The van der Waals surface area contributed by atoms with Crippen LogP contribution in [0.15, 0.2) is 36.4 Å². The average Bonchev–Trinajstić information content (AvgIpc) is 2.65. The molecule has 7 heteroatoms. The molecule has 0 unspecified atom stereocenters. The van der Waals surface area contributed by atoms with Crippen LogP contribution in [0.2, 0.25) is 0 Å². The molecule has 0 saturated heterocycles. The summed E-state index contributed by atoms with van der Waals surface area (Å²) >= 11 is 2.25. The summed E-state index contributed by atoms with van der Waals surface area (Å²) in [6.07, 6.45) is 5.32. The van der Waals surface area contributed by atoms with Crippen LogP contribution in [0.4, 0.5) is 17.1 Å². The Kier molecular flexibility index (Phi) is 6.30. The summed E-state index contributed by atoms with van der Waals surface area (Å²) in [5.74, 6) is -0.267. The maximum atomic E-state index is 12.9. The summed E-state index contributed by atoms with van der Waals surface area (Å²) in [4.78, 5) is 23.6. The van der Waals surface area contributed by atoms with Gasteiger partial charge in [-0.05, 0) is 72.2 Å². The van der Waals surface area contributed by atoms with E-state index in [0.29, 0.717) is 11.3 Å². The molecule has 0 atom stereocenters. The number of amides is 1. The highest BCUT2D eigenvalue weighted by molar-refractivity contribution is 14.1. The third-order valence-electron chi connectivity index (χ3n) is 4.86. The van der Waals surface area contributed by atoms with Gasteiger partial charge in [0.25, 0.3) is 11.6 Å². The van der Waals surface area contributed by atoms with Crippen molar-refractivity contribution in [2.24, 2.45) is 0 Å². The smallest absolute Gasteiger partial charge is 0.270 e. The summed E-state index contributed by atoms with van der Waals surface area (Å²) in [7, 11) is 0. The van der Waals surface area contributed by atoms with Gasteiger partial charge in [-0.3, -0.25) is 14.9 Å². The van der Waals surface area contributed by atoms with Gasteiger partial charge in [0.05, 0.1) is 16.2 Å². The van der Waals surface area contributed by atoms with E-state index in [1.165, 1.54) is 18.6 Å². The molecule has 3 rings (SSSR count). The van der Waals surface area contributed by atoms with E-state index in [4.69, 9.17) is 0 Å². The lowest BCUT2D eigenvalue weighted by Crippen LogP contribution is -2.36. The number of nitrogens with one attached hydrogen (secondary N) is 2. The Hall–Kier alpha value is -2.16. The monoisotopic (exact) mass is 479 g/mol. The summed E-state index contributed by atoms with van der Waals surface area (Å²) in [5.41, 5.74) is 2.69. The van der Waals surface area contributed by atoms with E-state index in [2.05, 4.69) is 33.2 Å². The Bertz CT molecular complexity index is 864. The van der Waals surface area contributed by atoms with Gasteiger partial charge >= 0.3 is 0 Å². The molecule has 27 heavy (non-hydrogen) atoms. The lowest BCUT2D eigenvalue weighted by Gasteiger charge is -2.23. The van der Waals surface area contributed by atoms with Crippen molar-refractivity contribution in [3.63, 3.8) is 0 Å². The first-order valence-corrected chi connectivity index (χ1v) is 10.1. The molecular weight excluding hydrogens is 457 g/mol. The molecule has 0 radical (unpaired) electrons. The fourth-order valence-corrected chi connectivity index (χ4v) is 4.01. The Balaban J connectivity index is 1.90. The first-order valence-electron chi connectivity index (χ1n) is 9.06. The number of anilines is 2. The van der Waals surface area contributed by atoms with Crippen LogP contribution in [-0.4, -0.2) is 16.9 Å². The summed E-state index contributed by atoms with van der Waals surface area (Å²) in [5, 5.41) is 17.5. The van der Waals surface area contributed by atoms with Gasteiger partial charge in [0.2, 0.25) is 0 Å². The van der Waals surface area contributed by atoms with Crippen molar-refractivity contribution in [2.45, 2.75) is 45.1 Å². The van der Waals surface area contributed by atoms with Gasteiger partial charge in [0.1, 0.15) is 0 Å². The van der Waals surface area contributed by atoms with Gasteiger partial charge < -0.3 is 10.6 Å². The Labute approximate surface area is 172 Å². The number of non-ortho nitro benzene ring substituents is 1.